The van der Waals surface area contributed by atoms with E-state index in [1.54, 1.807) is 19.9 Å². The van der Waals surface area contributed by atoms with Crippen LogP contribution in [0.3, 0.4) is 0 Å². The molecular formula is C24H29ClN4O5S. The van der Waals surface area contributed by atoms with Gasteiger partial charge in [-0.15, -0.1) is 11.3 Å². The number of thiophene rings is 1. The van der Waals surface area contributed by atoms with Crippen molar-refractivity contribution >= 4 is 58.1 Å². The van der Waals surface area contributed by atoms with E-state index in [1.807, 2.05) is 20.8 Å². The molecule has 0 bridgehead atoms. The van der Waals surface area contributed by atoms with Crippen LogP contribution in [-0.2, 0) is 14.9 Å². The summed E-state index contributed by atoms with van der Waals surface area (Å²) in [7, 11) is 1.26. The van der Waals surface area contributed by atoms with Crippen molar-refractivity contribution in [2.24, 2.45) is 0 Å². The lowest BCUT2D eigenvalue weighted by Crippen LogP contribution is -2.63. The van der Waals surface area contributed by atoms with E-state index in [1.165, 1.54) is 41.5 Å². The van der Waals surface area contributed by atoms with E-state index in [0.29, 0.717) is 23.7 Å². The molecule has 0 aliphatic carbocycles. The molecule has 11 heteroatoms. The molecule has 1 fully saturated rings. The molecule has 2 heterocycles. The van der Waals surface area contributed by atoms with Gasteiger partial charge in [-0.05, 0) is 43.5 Å². The number of hydrogen-bond donors (Lipinski definition) is 3. The largest absolute Gasteiger partial charge is 0.465 e. The number of esters is 1. The summed E-state index contributed by atoms with van der Waals surface area (Å²) in [6, 6.07) is 5.53. The number of nitrogens with one attached hydrogen (secondary N) is 3. The molecule has 0 spiro atoms. The van der Waals surface area contributed by atoms with Crippen LogP contribution in [-0.4, -0.2) is 54.5 Å². The van der Waals surface area contributed by atoms with Crippen LogP contribution in [0.2, 0.25) is 5.02 Å². The standard InChI is InChI=1S/C24H29ClN4O5S/c1-23(2,3)17-12-16(18(35-17)19(30)29-10-9-26-21(32)24(29,4)5)28-22(33)27-15-8-7-13(11-14(15)25)20(31)34-6/h7-8,11-12H,9-10H2,1-6H3,(H,26,32)(H2,27,28,33). The summed E-state index contributed by atoms with van der Waals surface area (Å²) in [5.74, 6) is -1.11. The zero-order chi connectivity index (χ0) is 26.1. The number of amides is 4. The molecular weight excluding hydrogens is 492 g/mol. The average Bonchev–Trinajstić information content (AvgIpc) is 3.20. The number of hydrogen-bond acceptors (Lipinski definition) is 6. The van der Waals surface area contributed by atoms with Crippen molar-refractivity contribution < 1.29 is 23.9 Å². The maximum Gasteiger partial charge on any atom is 0.337 e. The van der Waals surface area contributed by atoms with Gasteiger partial charge in [-0.25, -0.2) is 9.59 Å². The first-order valence-electron chi connectivity index (χ1n) is 11.0. The van der Waals surface area contributed by atoms with Crippen molar-refractivity contribution in [1.29, 1.82) is 0 Å². The minimum absolute atomic E-state index is 0.154. The number of nitrogens with zero attached hydrogens (tertiary/aromatic N) is 1. The maximum atomic E-state index is 13.6. The molecule has 188 valence electrons. The lowest BCUT2D eigenvalue weighted by atomic mass is 9.94. The number of ether oxygens (including phenoxy) is 1. The fourth-order valence-electron chi connectivity index (χ4n) is 3.53. The Morgan fingerprint density at radius 3 is 2.40 bits per heavy atom. The number of piperazine rings is 1. The normalized spacial score (nSPS) is 15.3. The predicted octanol–water partition coefficient (Wildman–Crippen LogP) is 4.48. The second-order valence-corrected chi connectivity index (χ2v) is 11.1. The third-order valence-corrected chi connectivity index (χ3v) is 7.51. The highest BCUT2D eigenvalue weighted by atomic mass is 35.5. The molecule has 1 aromatic heterocycles. The summed E-state index contributed by atoms with van der Waals surface area (Å²) < 4.78 is 4.67. The van der Waals surface area contributed by atoms with Crippen LogP contribution < -0.4 is 16.0 Å². The Morgan fingerprint density at radius 2 is 1.80 bits per heavy atom. The van der Waals surface area contributed by atoms with Crippen LogP contribution in [0.1, 0.15) is 59.5 Å². The van der Waals surface area contributed by atoms with Gasteiger partial charge < -0.3 is 25.6 Å². The van der Waals surface area contributed by atoms with E-state index in [0.717, 1.165) is 4.88 Å². The fraction of sp³-hybridized carbons (Fsp3) is 0.417. The Balaban J connectivity index is 1.88. The highest BCUT2D eigenvalue weighted by Gasteiger charge is 2.42. The first kappa shape index (κ1) is 26.5. The minimum Gasteiger partial charge on any atom is -0.465 e. The second-order valence-electron chi connectivity index (χ2n) is 9.64. The highest BCUT2D eigenvalue weighted by molar-refractivity contribution is 7.14. The van der Waals surface area contributed by atoms with Crippen LogP contribution in [0.15, 0.2) is 24.3 Å². The quantitative estimate of drug-likeness (QED) is 0.514. The molecule has 1 aliphatic rings. The van der Waals surface area contributed by atoms with Gasteiger partial charge in [0.25, 0.3) is 5.91 Å². The number of urea groups is 1. The first-order chi connectivity index (χ1) is 16.3. The summed E-state index contributed by atoms with van der Waals surface area (Å²) in [6.45, 7) is 10.1. The topological polar surface area (TPSA) is 117 Å². The Hall–Kier alpha value is -3.11. The van der Waals surface area contributed by atoms with Crippen LogP contribution in [0, 0.1) is 0 Å². The van der Waals surface area contributed by atoms with E-state index in [-0.39, 0.29) is 33.5 Å². The summed E-state index contributed by atoms with van der Waals surface area (Å²) in [5, 5.41) is 8.32. The smallest absolute Gasteiger partial charge is 0.337 e. The summed E-state index contributed by atoms with van der Waals surface area (Å²) in [6.07, 6.45) is 0. The molecule has 35 heavy (non-hydrogen) atoms. The second kappa shape index (κ2) is 9.87. The number of methoxy groups -OCH3 is 1. The lowest BCUT2D eigenvalue weighted by molar-refractivity contribution is -0.133. The lowest BCUT2D eigenvalue weighted by Gasteiger charge is -2.41. The van der Waals surface area contributed by atoms with Gasteiger partial charge in [-0.3, -0.25) is 9.59 Å². The van der Waals surface area contributed by atoms with Gasteiger partial charge in [-0.1, -0.05) is 32.4 Å². The molecule has 3 N–H and O–H groups in total. The fourth-order valence-corrected chi connectivity index (χ4v) is 4.88. The highest BCUT2D eigenvalue weighted by Crippen LogP contribution is 2.37. The van der Waals surface area contributed by atoms with Crippen molar-refractivity contribution in [2.75, 3.05) is 30.8 Å². The van der Waals surface area contributed by atoms with Gasteiger partial charge in [0.1, 0.15) is 10.4 Å². The van der Waals surface area contributed by atoms with E-state index in [9.17, 15) is 19.2 Å². The van der Waals surface area contributed by atoms with Crippen molar-refractivity contribution in [3.05, 3.63) is 44.6 Å². The molecule has 1 aromatic carbocycles. The van der Waals surface area contributed by atoms with Gasteiger partial charge in [0, 0.05) is 18.0 Å². The van der Waals surface area contributed by atoms with Gasteiger partial charge in [-0.2, -0.15) is 0 Å². The van der Waals surface area contributed by atoms with Crippen LogP contribution in [0.4, 0.5) is 16.2 Å². The molecule has 0 radical (unpaired) electrons. The molecule has 1 aliphatic heterocycles. The van der Waals surface area contributed by atoms with Crippen LogP contribution >= 0.6 is 22.9 Å². The predicted molar refractivity (Wildman–Crippen MR) is 137 cm³/mol. The van der Waals surface area contributed by atoms with Gasteiger partial charge in [0.05, 0.1) is 29.1 Å². The number of anilines is 2. The Kier molecular flexibility index (Phi) is 7.47. The third kappa shape index (κ3) is 5.59. The third-order valence-electron chi connectivity index (χ3n) is 5.65. The monoisotopic (exact) mass is 520 g/mol. The summed E-state index contributed by atoms with van der Waals surface area (Å²) >= 11 is 7.51. The maximum absolute atomic E-state index is 13.6. The SMILES string of the molecule is COC(=O)c1ccc(NC(=O)Nc2cc(C(C)(C)C)sc2C(=O)N2CCNC(=O)C2(C)C)c(Cl)c1. The van der Waals surface area contributed by atoms with E-state index in [2.05, 4.69) is 20.7 Å². The number of carbonyl (C=O) groups is 4. The summed E-state index contributed by atoms with van der Waals surface area (Å²) in [4.78, 5) is 53.2. The number of carbonyl (C=O) groups excluding carboxylic acids is 4. The molecule has 3 rings (SSSR count). The number of halogens is 1. The van der Waals surface area contributed by atoms with Crippen molar-refractivity contribution in [2.45, 2.75) is 45.6 Å². The molecule has 0 saturated carbocycles. The molecule has 1 saturated heterocycles. The molecule has 0 unspecified atom stereocenters. The summed E-state index contributed by atoms with van der Waals surface area (Å²) in [5.41, 5.74) is -0.429. The van der Waals surface area contributed by atoms with Gasteiger partial charge in [0.15, 0.2) is 0 Å². The number of benzene rings is 1. The first-order valence-corrected chi connectivity index (χ1v) is 12.2. The van der Waals surface area contributed by atoms with Crippen molar-refractivity contribution in [3.8, 4) is 0 Å². The molecule has 9 nitrogen and oxygen atoms in total. The van der Waals surface area contributed by atoms with Crippen molar-refractivity contribution in [1.82, 2.24) is 10.2 Å². The zero-order valence-electron chi connectivity index (χ0n) is 20.5. The average molecular weight is 521 g/mol. The van der Waals surface area contributed by atoms with Crippen LogP contribution in [0.25, 0.3) is 0 Å². The minimum atomic E-state index is -1.03. The van der Waals surface area contributed by atoms with Crippen LogP contribution in [0.5, 0.6) is 0 Å². The Bertz CT molecular complexity index is 1190. The Labute approximate surface area is 213 Å². The van der Waals surface area contributed by atoms with E-state index in [4.69, 9.17) is 11.6 Å². The molecule has 2 aromatic rings. The van der Waals surface area contributed by atoms with Gasteiger partial charge in [0.2, 0.25) is 5.91 Å². The molecule has 4 amide bonds. The van der Waals surface area contributed by atoms with E-state index < -0.39 is 17.5 Å². The number of rotatable bonds is 4. The van der Waals surface area contributed by atoms with Gasteiger partial charge >= 0.3 is 12.0 Å². The zero-order valence-corrected chi connectivity index (χ0v) is 22.1. The van der Waals surface area contributed by atoms with Crippen molar-refractivity contribution in [3.63, 3.8) is 0 Å². The Morgan fingerprint density at radius 1 is 1.14 bits per heavy atom. The molecule has 0 atom stereocenters. The van der Waals surface area contributed by atoms with E-state index >= 15 is 0 Å².